The van der Waals surface area contributed by atoms with Gasteiger partial charge in [0.2, 0.25) is 0 Å². The van der Waals surface area contributed by atoms with Crippen molar-refractivity contribution in [3.8, 4) is 5.75 Å². The average Bonchev–Trinajstić information content (AvgIpc) is 2.98. The summed E-state index contributed by atoms with van der Waals surface area (Å²) in [6, 6.07) is 7.01. The first-order valence-corrected chi connectivity index (χ1v) is 6.95. The second-order valence-corrected chi connectivity index (χ2v) is 4.96. The summed E-state index contributed by atoms with van der Waals surface area (Å²) in [5, 5.41) is 17.0. The number of amides is 2. The molecule has 0 aliphatic heterocycles. The van der Waals surface area contributed by atoms with Gasteiger partial charge in [-0.15, -0.1) is 0 Å². The van der Waals surface area contributed by atoms with Crippen LogP contribution in [-0.4, -0.2) is 29.7 Å². The molecule has 0 radical (unpaired) electrons. The molecular formula is C14H20N4O3. The summed E-state index contributed by atoms with van der Waals surface area (Å²) in [6.07, 6.45) is 4.36. The quantitative estimate of drug-likeness (QED) is 0.287. The third-order valence-corrected chi connectivity index (χ3v) is 3.33. The molecule has 7 nitrogen and oxygen atoms in total. The van der Waals surface area contributed by atoms with Crippen molar-refractivity contribution in [1.82, 2.24) is 5.32 Å². The zero-order valence-electron chi connectivity index (χ0n) is 11.7. The zero-order valence-corrected chi connectivity index (χ0v) is 11.7. The van der Waals surface area contributed by atoms with Crippen LogP contribution in [0.4, 0.5) is 10.5 Å². The highest BCUT2D eigenvalue weighted by molar-refractivity contribution is 5.91. The largest absolute Gasteiger partial charge is 0.483 e. The Hall–Kier alpha value is -2.44. The lowest BCUT2D eigenvalue weighted by atomic mass is 10.2. The highest BCUT2D eigenvalue weighted by Crippen LogP contribution is 2.24. The van der Waals surface area contributed by atoms with Gasteiger partial charge in [0.05, 0.1) is 5.69 Å². The number of rotatable bonds is 5. The van der Waals surface area contributed by atoms with E-state index < -0.39 is 0 Å². The third kappa shape index (κ3) is 4.55. The summed E-state index contributed by atoms with van der Waals surface area (Å²) in [4.78, 5) is 11.9. The first-order chi connectivity index (χ1) is 10.2. The van der Waals surface area contributed by atoms with Crippen LogP contribution in [0.3, 0.4) is 0 Å². The van der Waals surface area contributed by atoms with E-state index in [4.69, 9.17) is 15.7 Å². The van der Waals surface area contributed by atoms with Crippen molar-refractivity contribution < 1.29 is 14.7 Å². The Morgan fingerprint density at radius 1 is 1.38 bits per heavy atom. The number of anilines is 1. The van der Waals surface area contributed by atoms with E-state index in [0.29, 0.717) is 11.4 Å². The van der Waals surface area contributed by atoms with E-state index in [1.807, 2.05) is 0 Å². The van der Waals surface area contributed by atoms with Gasteiger partial charge in [0.1, 0.15) is 12.4 Å². The third-order valence-electron chi connectivity index (χ3n) is 3.33. The van der Waals surface area contributed by atoms with Gasteiger partial charge in [0, 0.05) is 6.04 Å². The van der Waals surface area contributed by atoms with Crippen LogP contribution < -0.4 is 21.1 Å². The van der Waals surface area contributed by atoms with Crippen molar-refractivity contribution in [2.24, 2.45) is 10.9 Å². The molecule has 0 bridgehead atoms. The average molecular weight is 292 g/mol. The van der Waals surface area contributed by atoms with Crippen LogP contribution >= 0.6 is 0 Å². The molecule has 114 valence electrons. The highest BCUT2D eigenvalue weighted by Gasteiger charge is 2.17. The lowest BCUT2D eigenvalue weighted by Crippen LogP contribution is -2.36. The van der Waals surface area contributed by atoms with Gasteiger partial charge in [-0.1, -0.05) is 30.1 Å². The van der Waals surface area contributed by atoms with Crippen molar-refractivity contribution >= 4 is 17.6 Å². The van der Waals surface area contributed by atoms with Crippen LogP contribution in [0.2, 0.25) is 0 Å². The van der Waals surface area contributed by atoms with Crippen LogP contribution in [0.25, 0.3) is 0 Å². The second-order valence-electron chi connectivity index (χ2n) is 4.96. The van der Waals surface area contributed by atoms with E-state index in [0.717, 1.165) is 25.7 Å². The topological polar surface area (TPSA) is 109 Å². The molecule has 1 saturated carbocycles. The van der Waals surface area contributed by atoms with Gasteiger partial charge in [-0.05, 0) is 25.0 Å². The number of benzene rings is 1. The second kappa shape index (κ2) is 7.37. The molecule has 0 unspecified atom stereocenters. The minimum atomic E-state index is -0.248. The highest BCUT2D eigenvalue weighted by atomic mass is 16.5. The van der Waals surface area contributed by atoms with Gasteiger partial charge in [0.15, 0.2) is 5.84 Å². The minimum absolute atomic E-state index is 0.0415. The lowest BCUT2D eigenvalue weighted by Gasteiger charge is -2.15. The van der Waals surface area contributed by atoms with Gasteiger partial charge in [-0.2, -0.15) is 0 Å². The van der Waals surface area contributed by atoms with Crippen molar-refractivity contribution in [3.63, 3.8) is 0 Å². The first-order valence-electron chi connectivity index (χ1n) is 6.95. The molecular weight excluding hydrogens is 272 g/mol. The Morgan fingerprint density at radius 3 is 2.81 bits per heavy atom. The van der Waals surface area contributed by atoms with E-state index in [9.17, 15) is 4.79 Å². The van der Waals surface area contributed by atoms with Crippen LogP contribution in [0, 0.1) is 0 Å². The summed E-state index contributed by atoms with van der Waals surface area (Å²) in [5.74, 6) is 0.422. The zero-order chi connectivity index (χ0) is 15.1. The fourth-order valence-corrected chi connectivity index (χ4v) is 2.29. The number of nitrogens with one attached hydrogen (secondary N) is 2. The van der Waals surface area contributed by atoms with Crippen molar-refractivity contribution in [3.05, 3.63) is 24.3 Å². The fraction of sp³-hybridized carbons (Fsp3) is 0.429. The van der Waals surface area contributed by atoms with Crippen molar-refractivity contribution in [2.75, 3.05) is 11.9 Å². The predicted molar refractivity (Wildman–Crippen MR) is 79.8 cm³/mol. The maximum Gasteiger partial charge on any atom is 0.319 e. The number of ether oxygens (including phenoxy) is 1. The Balaban J connectivity index is 1.93. The van der Waals surface area contributed by atoms with E-state index in [1.54, 1.807) is 24.3 Å². The minimum Gasteiger partial charge on any atom is -0.483 e. The van der Waals surface area contributed by atoms with E-state index in [2.05, 4.69) is 15.8 Å². The molecule has 1 fully saturated rings. The first kappa shape index (κ1) is 15.0. The van der Waals surface area contributed by atoms with E-state index in [1.165, 1.54) is 0 Å². The number of oxime groups is 1. The number of urea groups is 1. The molecule has 0 aromatic heterocycles. The predicted octanol–water partition coefficient (Wildman–Crippen LogP) is 1.88. The lowest BCUT2D eigenvalue weighted by molar-refractivity contribution is 0.248. The van der Waals surface area contributed by atoms with E-state index >= 15 is 0 Å². The number of hydrogen-bond acceptors (Lipinski definition) is 4. The van der Waals surface area contributed by atoms with Crippen LogP contribution in [0.1, 0.15) is 25.7 Å². The monoisotopic (exact) mass is 292 g/mol. The molecule has 0 heterocycles. The Labute approximate surface area is 123 Å². The molecule has 1 aromatic carbocycles. The van der Waals surface area contributed by atoms with Gasteiger partial charge in [-0.25, -0.2) is 4.79 Å². The Bertz CT molecular complexity index is 513. The number of amidine groups is 1. The number of nitrogens with zero attached hydrogens (tertiary/aromatic N) is 1. The van der Waals surface area contributed by atoms with Crippen molar-refractivity contribution in [1.29, 1.82) is 0 Å². The Kier molecular flexibility index (Phi) is 5.25. The summed E-state index contributed by atoms with van der Waals surface area (Å²) in [5.41, 5.74) is 5.90. The molecule has 21 heavy (non-hydrogen) atoms. The molecule has 1 aromatic rings. The van der Waals surface area contributed by atoms with Crippen LogP contribution in [-0.2, 0) is 0 Å². The number of carbonyl (C=O) groups is 1. The smallest absolute Gasteiger partial charge is 0.319 e. The Morgan fingerprint density at radius 2 is 2.10 bits per heavy atom. The SMILES string of the molecule is N/C(COc1ccccc1NC(=O)NC1CCCC1)=N/O. The molecule has 7 heteroatoms. The van der Waals surface area contributed by atoms with Gasteiger partial charge in [-0.3, -0.25) is 0 Å². The summed E-state index contributed by atoms with van der Waals surface area (Å²) < 4.78 is 5.40. The normalized spacial score (nSPS) is 15.7. The molecule has 1 aliphatic rings. The van der Waals surface area contributed by atoms with Crippen LogP contribution in [0.15, 0.2) is 29.4 Å². The maximum absolute atomic E-state index is 11.9. The molecule has 0 spiro atoms. The van der Waals surface area contributed by atoms with Crippen molar-refractivity contribution in [2.45, 2.75) is 31.7 Å². The standard InChI is InChI=1S/C14H20N4O3/c15-13(18-20)9-21-12-8-4-3-7-11(12)17-14(19)16-10-5-1-2-6-10/h3-4,7-8,10,20H,1-2,5-6,9H2,(H2,15,18)(H2,16,17,19). The summed E-state index contributed by atoms with van der Waals surface area (Å²) in [6.45, 7) is -0.0561. The maximum atomic E-state index is 11.9. The molecule has 0 atom stereocenters. The summed E-state index contributed by atoms with van der Waals surface area (Å²) >= 11 is 0. The van der Waals surface area contributed by atoms with Gasteiger partial charge >= 0.3 is 6.03 Å². The summed E-state index contributed by atoms with van der Waals surface area (Å²) in [7, 11) is 0. The molecule has 0 saturated heterocycles. The molecule has 2 amide bonds. The fourth-order valence-electron chi connectivity index (χ4n) is 2.29. The number of nitrogens with two attached hydrogens (primary N) is 1. The van der Waals surface area contributed by atoms with Crippen LogP contribution in [0.5, 0.6) is 5.75 Å². The molecule has 5 N–H and O–H groups in total. The van der Waals surface area contributed by atoms with Gasteiger partial charge in [0.25, 0.3) is 0 Å². The molecule has 1 aliphatic carbocycles. The number of carbonyl (C=O) groups excluding carboxylic acids is 1. The molecule has 2 rings (SSSR count). The van der Waals surface area contributed by atoms with E-state index in [-0.39, 0.29) is 24.5 Å². The number of para-hydroxylation sites is 2. The number of hydrogen-bond donors (Lipinski definition) is 4. The van der Waals surface area contributed by atoms with Gasteiger partial charge < -0.3 is 26.3 Å².